The molecule has 0 spiro atoms. The predicted octanol–water partition coefficient (Wildman–Crippen LogP) is -0.592. The maximum absolute atomic E-state index is 11.9. The minimum atomic E-state index is -2.46. The Morgan fingerprint density at radius 3 is 1.15 bits per heavy atom. The Kier molecular flexibility index (Phi) is 37.0. The van der Waals surface area contributed by atoms with E-state index in [1.54, 1.807) is 56.4 Å². The van der Waals surface area contributed by atoms with Crippen molar-refractivity contribution < 1.29 is 41.3 Å². The van der Waals surface area contributed by atoms with Crippen LogP contribution < -0.4 is 0 Å². The molecule has 0 aliphatic rings. The molecular weight excluding hydrogens is 666 g/mol. The van der Waals surface area contributed by atoms with E-state index in [9.17, 15) is 19.2 Å². The van der Waals surface area contributed by atoms with Crippen molar-refractivity contribution in [3.8, 4) is 0 Å². The molecule has 0 aromatic carbocycles. The Labute approximate surface area is 286 Å². The van der Waals surface area contributed by atoms with Gasteiger partial charge in [0.1, 0.15) is 11.8 Å². The fourth-order valence-corrected chi connectivity index (χ4v) is 2.99. The van der Waals surface area contributed by atoms with Gasteiger partial charge in [-0.25, -0.2) is 0 Å². The quantitative estimate of drug-likeness (QED) is 0.0998. The summed E-state index contributed by atoms with van der Waals surface area (Å²) in [6, 6.07) is 0. The fourth-order valence-electron chi connectivity index (χ4n) is 2.76. The fraction of sp³-hybridized carbons (Fsp3) is 0.826. The molecule has 0 aliphatic carbocycles. The Bertz CT molecular complexity index is 806. The van der Waals surface area contributed by atoms with Gasteiger partial charge in [0.2, 0.25) is 33.9 Å². The molecule has 0 aromatic rings. The van der Waals surface area contributed by atoms with Crippen molar-refractivity contribution in [2.24, 2.45) is 11.8 Å². The first-order valence-electron chi connectivity index (χ1n) is 13.1. The Balaban J connectivity index is -0.000000272. The van der Waals surface area contributed by atoms with Crippen LogP contribution in [0, 0.1) is 11.8 Å². The number of halogens is 1. The third-order valence-electron chi connectivity index (χ3n) is 4.68. The molecule has 4 amide bonds. The maximum atomic E-state index is 11.9. The van der Waals surface area contributed by atoms with Crippen LogP contribution in [0.3, 0.4) is 0 Å². The van der Waals surface area contributed by atoms with E-state index in [-0.39, 0.29) is 23.6 Å². The van der Waals surface area contributed by atoms with Gasteiger partial charge in [0.05, 0.1) is 6.61 Å². The molecule has 0 saturated carbocycles. The summed E-state index contributed by atoms with van der Waals surface area (Å²) in [6.45, 7) is 4.12. The van der Waals surface area contributed by atoms with Crippen molar-refractivity contribution in [3.05, 3.63) is 0 Å². The normalized spacial score (nSPS) is 9.66. The summed E-state index contributed by atoms with van der Waals surface area (Å²) >= 11 is 6.13. The van der Waals surface area contributed by atoms with E-state index in [0.717, 1.165) is 11.8 Å². The van der Waals surface area contributed by atoms with Crippen LogP contribution in [0.15, 0.2) is 0 Å². The Hall–Kier alpha value is 0.120. The Morgan fingerprint density at radius 2 is 0.951 bits per heavy atom. The molecule has 0 radical (unpaired) electrons. The number of nitrogens with zero attached hydrogens (tertiary/aromatic N) is 4. The number of rotatable bonds is 14. The number of ether oxygens (including phenoxy) is 2. The Morgan fingerprint density at radius 1 is 0.683 bits per heavy atom. The predicted molar refractivity (Wildman–Crippen MR) is 165 cm³/mol. The third-order valence-corrected chi connectivity index (χ3v) is 5.45. The molecular formula is C23H45BrN4Na2O9S2. The van der Waals surface area contributed by atoms with Crippen molar-refractivity contribution in [2.75, 3.05) is 88.1 Å². The number of hydrogen-bond acceptors (Lipinski definition) is 9. The van der Waals surface area contributed by atoms with Gasteiger partial charge in [-0.05, 0) is 19.3 Å². The van der Waals surface area contributed by atoms with Crippen LogP contribution in [-0.2, 0) is 48.1 Å². The first-order valence-corrected chi connectivity index (χ1v) is 24.5. The molecule has 18 heteroatoms. The molecule has 0 rings (SSSR count). The average molecular weight is 712 g/mol. The first kappa shape index (κ1) is 48.0. The van der Waals surface area contributed by atoms with Crippen LogP contribution in [0.5, 0.6) is 0 Å². The monoisotopic (exact) mass is 710 g/mol. The van der Waals surface area contributed by atoms with E-state index in [4.69, 9.17) is 22.1 Å². The second kappa shape index (κ2) is 31.5. The van der Waals surface area contributed by atoms with Gasteiger partial charge in [0, 0.05) is 81.5 Å². The van der Waals surface area contributed by atoms with E-state index < -0.39 is 31.3 Å². The molecule has 13 nitrogen and oxygen atoms in total. The van der Waals surface area contributed by atoms with Gasteiger partial charge in [0.25, 0.3) is 0 Å². The molecule has 0 fully saturated rings. The van der Waals surface area contributed by atoms with Gasteiger partial charge >= 0.3 is 52.9 Å². The van der Waals surface area contributed by atoms with Crippen LogP contribution in [-0.4, -0.2) is 188 Å². The number of hydrogen-bond donors (Lipinski definition) is 0. The van der Waals surface area contributed by atoms with Crippen molar-refractivity contribution in [2.45, 2.75) is 26.2 Å². The molecule has 0 saturated heterocycles. The summed E-state index contributed by atoms with van der Waals surface area (Å²) in [7, 11) is 10.3. The topological polar surface area (TPSA) is 151 Å². The van der Waals surface area contributed by atoms with Crippen molar-refractivity contribution >= 4 is 103 Å². The van der Waals surface area contributed by atoms with Crippen molar-refractivity contribution in [1.82, 2.24) is 19.6 Å². The van der Waals surface area contributed by atoms with Gasteiger partial charge < -0.3 is 29.1 Å². The number of carbonyl (C=O) groups excluding carboxylic acids is 4. The van der Waals surface area contributed by atoms with Crippen LogP contribution >= 0.6 is 15.9 Å². The first-order chi connectivity index (χ1) is 19.1. The number of carbonyl (C=O) groups is 4. The average Bonchev–Trinajstić information content (AvgIpc) is 2.93. The third kappa shape index (κ3) is 27.4. The molecule has 0 atom stereocenters. The van der Waals surface area contributed by atoms with Crippen LogP contribution in [0.25, 0.3) is 0 Å². The van der Waals surface area contributed by atoms with E-state index in [1.165, 1.54) is 63.2 Å². The number of alkyl halides is 1. The standard InChI is InChI=1S/C12H24N2O3.C11H21BrN2O3.2Na.O3S2/c1-6-8-17-9-7-10(11(15)13(2)3)12(16)14(4)5;1-13(2)10(15)9(11(16)14(3)4)5-7-17-8-6-12;;;1-4-5(2)3/h10H,6-9H2,1-5H3;9H,5-8H2,1-4H3;;;. The second-order valence-corrected chi connectivity index (χ2v) is 11.4. The van der Waals surface area contributed by atoms with E-state index in [0.29, 0.717) is 39.3 Å². The summed E-state index contributed by atoms with van der Waals surface area (Å²) in [5, 5.41) is 0.751. The summed E-state index contributed by atoms with van der Waals surface area (Å²) < 4.78 is 37.6. The zero-order chi connectivity index (χ0) is 33.1. The molecule has 0 unspecified atom stereocenters. The van der Waals surface area contributed by atoms with Gasteiger partial charge in [-0.15, -0.1) is 0 Å². The number of amides is 4. The summed E-state index contributed by atoms with van der Waals surface area (Å²) in [4.78, 5) is 53.3. The summed E-state index contributed by atoms with van der Waals surface area (Å²) in [5.74, 6) is -1.95. The zero-order valence-corrected chi connectivity index (χ0v) is 33.7. The SMILES string of the molecule is CCCOCCC(C(=O)N(C)C)C(=O)N(C)C.CN(C)C(=O)C(CCOCCBr)C(=O)N(C)C.O=S=S(=O)=O.[Na][Na]. The molecule has 0 heterocycles. The molecule has 0 aliphatic heterocycles. The second-order valence-electron chi connectivity index (χ2n) is 8.80. The van der Waals surface area contributed by atoms with Crippen LogP contribution in [0.1, 0.15) is 26.2 Å². The van der Waals surface area contributed by atoms with Gasteiger partial charge in [0.15, 0.2) is 0 Å². The molecule has 232 valence electrons. The summed E-state index contributed by atoms with van der Waals surface area (Å²) in [5.41, 5.74) is 0. The molecule has 41 heavy (non-hydrogen) atoms. The van der Waals surface area contributed by atoms with Crippen LogP contribution in [0.2, 0.25) is 0 Å². The van der Waals surface area contributed by atoms with Gasteiger partial charge in [-0.3, -0.25) is 19.2 Å². The van der Waals surface area contributed by atoms with Gasteiger partial charge in [-0.2, -0.15) is 12.6 Å². The molecule has 0 bridgehead atoms. The van der Waals surface area contributed by atoms with E-state index in [2.05, 4.69) is 15.9 Å². The van der Waals surface area contributed by atoms with Crippen LogP contribution in [0.4, 0.5) is 0 Å². The zero-order valence-electron chi connectivity index (χ0n) is 26.5. The van der Waals surface area contributed by atoms with Gasteiger partial charge in [-0.1, -0.05) is 22.9 Å². The van der Waals surface area contributed by atoms with E-state index >= 15 is 0 Å². The molecule has 0 N–H and O–H groups in total. The van der Waals surface area contributed by atoms with Crippen molar-refractivity contribution in [1.29, 1.82) is 0 Å². The van der Waals surface area contributed by atoms with E-state index in [1.807, 2.05) is 6.92 Å². The minimum absolute atomic E-state index is 0.163. The summed E-state index contributed by atoms with van der Waals surface area (Å²) in [6.07, 6.45) is 1.79. The molecule has 0 aromatic heterocycles. The van der Waals surface area contributed by atoms with Crippen molar-refractivity contribution in [3.63, 3.8) is 0 Å².